The maximum atomic E-state index is 12.5. The SMILES string of the molecule is COc1ccc(S(=O)(=O)N[C@@H](C)C(=O)N2CCC(C)CC2)cc1Cl. The van der Waals surface area contributed by atoms with Gasteiger partial charge in [-0.05, 0) is 43.9 Å². The molecule has 2 rings (SSSR count). The third-order valence-corrected chi connectivity index (χ3v) is 6.06. The first kappa shape index (κ1) is 19.0. The summed E-state index contributed by atoms with van der Waals surface area (Å²) in [6, 6.07) is 3.36. The van der Waals surface area contributed by atoms with E-state index in [0.717, 1.165) is 12.8 Å². The first-order valence-corrected chi connectivity index (χ1v) is 9.75. The monoisotopic (exact) mass is 374 g/mol. The van der Waals surface area contributed by atoms with Crippen molar-refractivity contribution in [2.75, 3.05) is 20.2 Å². The van der Waals surface area contributed by atoms with Gasteiger partial charge < -0.3 is 9.64 Å². The molecule has 8 heteroatoms. The van der Waals surface area contributed by atoms with Gasteiger partial charge >= 0.3 is 0 Å². The van der Waals surface area contributed by atoms with Crippen molar-refractivity contribution in [2.24, 2.45) is 5.92 Å². The van der Waals surface area contributed by atoms with Gasteiger partial charge in [0.1, 0.15) is 5.75 Å². The predicted octanol–water partition coefficient (Wildman–Crippen LogP) is 2.27. The number of rotatable bonds is 5. The van der Waals surface area contributed by atoms with Crippen LogP contribution in [0.5, 0.6) is 5.75 Å². The van der Waals surface area contributed by atoms with E-state index >= 15 is 0 Å². The molecule has 1 amide bonds. The van der Waals surface area contributed by atoms with Gasteiger partial charge in [-0.3, -0.25) is 4.79 Å². The van der Waals surface area contributed by atoms with Gasteiger partial charge in [0.2, 0.25) is 15.9 Å². The Balaban J connectivity index is 2.08. The van der Waals surface area contributed by atoms with Crippen molar-refractivity contribution in [3.05, 3.63) is 23.2 Å². The van der Waals surface area contributed by atoms with E-state index in [4.69, 9.17) is 16.3 Å². The van der Waals surface area contributed by atoms with Gasteiger partial charge in [-0.1, -0.05) is 18.5 Å². The number of nitrogens with zero attached hydrogens (tertiary/aromatic N) is 1. The van der Waals surface area contributed by atoms with Crippen LogP contribution < -0.4 is 9.46 Å². The smallest absolute Gasteiger partial charge is 0.241 e. The highest BCUT2D eigenvalue weighted by molar-refractivity contribution is 7.89. The Bertz CT molecular complexity index is 700. The number of carbonyl (C=O) groups is 1. The Morgan fingerprint density at radius 1 is 1.38 bits per heavy atom. The molecular weight excluding hydrogens is 352 g/mol. The van der Waals surface area contributed by atoms with Gasteiger partial charge in [0, 0.05) is 13.1 Å². The van der Waals surface area contributed by atoms with E-state index in [1.54, 1.807) is 11.8 Å². The van der Waals surface area contributed by atoms with Crippen LogP contribution in [0.15, 0.2) is 23.1 Å². The molecule has 1 saturated heterocycles. The highest BCUT2D eigenvalue weighted by Gasteiger charge is 2.28. The molecule has 0 saturated carbocycles. The largest absolute Gasteiger partial charge is 0.495 e. The molecule has 0 radical (unpaired) electrons. The molecule has 0 aliphatic carbocycles. The minimum absolute atomic E-state index is 0.000200. The van der Waals surface area contributed by atoms with Crippen LogP contribution in [0.4, 0.5) is 0 Å². The van der Waals surface area contributed by atoms with E-state index in [0.29, 0.717) is 24.8 Å². The van der Waals surface area contributed by atoms with Crippen molar-refractivity contribution in [1.29, 1.82) is 0 Å². The number of piperidine rings is 1. The second kappa shape index (κ2) is 7.72. The number of carbonyl (C=O) groups excluding carboxylic acids is 1. The fourth-order valence-corrected chi connectivity index (χ4v) is 4.21. The molecule has 0 spiro atoms. The van der Waals surface area contributed by atoms with Crippen molar-refractivity contribution < 1.29 is 17.9 Å². The molecule has 1 aliphatic heterocycles. The van der Waals surface area contributed by atoms with E-state index in [9.17, 15) is 13.2 Å². The van der Waals surface area contributed by atoms with Gasteiger partial charge in [-0.15, -0.1) is 0 Å². The minimum Gasteiger partial charge on any atom is -0.495 e. The van der Waals surface area contributed by atoms with Crippen molar-refractivity contribution in [1.82, 2.24) is 9.62 Å². The molecule has 1 aliphatic rings. The predicted molar refractivity (Wildman–Crippen MR) is 92.8 cm³/mol. The van der Waals surface area contributed by atoms with Crippen LogP contribution in [0.1, 0.15) is 26.7 Å². The number of sulfonamides is 1. The number of amides is 1. The maximum absolute atomic E-state index is 12.5. The van der Waals surface area contributed by atoms with E-state index in [1.807, 2.05) is 0 Å². The molecule has 0 aromatic heterocycles. The summed E-state index contributed by atoms with van der Waals surface area (Å²) in [5.74, 6) is 0.787. The molecule has 1 aromatic rings. The van der Waals surface area contributed by atoms with Gasteiger partial charge in [0.15, 0.2) is 0 Å². The Morgan fingerprint density at radius 2 is 2.00 bits per heavy atom. The lowest BCUT2D eigenvalue weighted by Gasteiger charge is -2.32. The summed E-state index contributed by atoms with van der Waals surface area (Å²) < 4.78 is 32.3. The van der Waals surface area contributed by atoms with E-state index in [-0.39, 0.29) is 15.8 Å². The van der Waals surface area contributed by atoms with Gasteiger partial charge in [0.05, 0.1) is 23.1 Å². The number of benzene rings is 1. The highest BCUT2D eigenvalue weighted by Crippen LogP contribution is 2.27. The number of halogens is 1. The number of ether oxygens (including phenoxy) is 1. The fraction of sp³-hybridized carbons (Fsp3) is 0.562. The van der Waals surface area contributed by atoms with Crippen LogP contribution in [0.2, 0.25) is 5.02 Å². The second-order valence-corrected chi connectivity index (χ2v) is 8.27. The van der Waals surface area contributed by atoms with Gasteiger partial charge in [0.25, 0.3) is 0 Å². The summed E-state index contributed by atoms with van der Waals surface area (Å²) in [4.78, 5) is 14.2. The molecule has 6 nitrogen and oxygen atoms in total. The molecule has 0 unspecified atom stereocenters. The number of hydrogen-bond donors (Lipinski definition) is 1. The summed E-state index contributed by atoms with van der Waals surface area (Å²) in [5.41, 5.74) is 0. The molecule has 1 heterocycles. The summed E-state index contributed by atoms with van der Waals surface area (Å²) in [5, 5.41) is 0.198. The second-order valence-electron chi connectivity index (χ2n) is 6.15. The van der Waals surface area contributed by atoms with Crippen LogP contribution in [-0.2, 0) is 14.8 Å². The lowest BCUT2D eigenvalue weighted by Crippen LogP contribution is -2.49. The summed E-state index contributed by atoms with van der Waals surface area (Å²) in [7, 11) is -2.39. The Morgan fingerprint density at radius 3 is 2.54 bits per heavy atom. The van der Waals surface area contributed by atoms with E-state index in [2.05, 4.69) is 11.6 Å². The van der Waals surface area contributed by atoms with Crippen LogP contribution in [0, 0.1) is 5.92 Å². The molecule has 0 bridgehead atoms. The fourth-order valence-electron chi connectivity index (χ4n) is 2.67. The Kier molecular flexibility index (Phi) is 6.11. The third kappa shape index (κ3) is 4.40. The van der Waals surface area contributed by atoms with Crippen molar-refractivity contribution in [3.63, 3.8) is 0 Å². The number of likely N-dealkylation sites (tertiary alicyclic amines) is 1. The maximum Gasteiger partial charge on any atom is 0.241 e. The average molecular weight is 375 g/mol. The van der Waals surface area contributed by atoms with Crippen LogP contribution in [0.25, 0.3) is 0 Å². The molecular formula is C16H23ClN2O4S. The first-order valence-electron chi connectivity index (χ1n) is 7.89. The topological polar surface area (TPSA) is 75.7 Å². The Labute approximate surface area is 148 Å². The molecule has 1 fully saturated rings. The number of nitrogens with one attached hydrogen (secondary N) is 1. The summed E-state index contributed by atoms with van der Waals surface area (Å²) in [6.07, 6.45) is 1.89. The standard InChI is InChI=1S/C16H23ClN2O4S/c1-11-6-8-19(9-7-11)16(20)12(2)18-24(21,22)13-4-5-15(23-3)14(17)10-13/h4-5,10-12,18H,6-9H2,1-3H3/t12-/m0/s1. The number of methoxy groups -OCH3 is 1. The van der Waals surface area contributed by atoms with Crippen LogP contribution >= 0.6 is 11.6 Å². The van der Waals surface area contributed by atoms with Gasteiger partial charge in [-0.2, -0.15) is 4.72 Å². The van der Waals surface area contributed by atoms with Crippen molar-refractivity contribution in [2.45, 2.75) is 37.6 Å². The lowest BCUT2D eigenvalue weighted by molar-refractivity contribution is -0.133. The zero-order valence-electron chi connectivity index (χ0n) is 14.1. The molecule has 1 aromatic carbocycles. The quantitative estimate of drug-likeness (QED) is 0.857. The molecule has 1 atom stereocenters. The van der Waals surface area contributed by atoms with Crippen LogP contribution in [0.3, 0.4) is 0 Å². The number of hydrogen-bond acceptors (Lipinski definition) is 4. The zero-order valence-corrected chi connectivity index (χ0v) is 15.7. The van der Waals surface area contributed by atoms with Gasteiger partial charge in [-0.25, -0.2) is 8.42 Å². The van der Waals surface area contributed by atoms with Crippen molar-refractivity contribution >= 4 is 27.5 Å². The highest BCUT2D eigenvalue weighted by atomic mass is 35.5. The molecule has 24 heavy (non-hydrogen) atoms. The van der Waals surface area contributed by atoms with Crippen molar-refractivity contribution in [3.8, 4) is 5.75 Å². The average Bonchev–Trinajstić information content (AvgIpc) is 2.54. The third-order valence-electron chi connectivity index (χ3n) is 4.23. The lowest BCUT2D eigenvalue weighted by atomic mass is 9.99. The molecule has 134 valence electrons. The Hall–Kier alpha value is -1.31. The van der Waals surface area contributed by atoms with E-state index < -0.39 is 16.1 Å². The van der Waals surface area contributed by atoms with E-state index in [1.165, 1.54) is 25.3 Å². The molecule has 1 N–H and O–H groups in total. The summed E-state index contributed by atoms with van der Waals surface area (Å²) in [6.45, 7) is 5.05. The van der Waals surface area contributed by atoms with Crippen LogP contribution in [-0.4, -0.2) is 45.5 Å². The zero-order chi connectivity index (χ0) is 17.9. The normalized spacial score (nSPS) is 17.6. The minimum atomic E-state index is -3.84. The summed E-state index contributed by atoms with van der Waals surface area (Å²) >= 11 is 5.98. The first-order chi connectivity index (χ1) is 11.2.